The molecule has 1 saturated heterocycles. The number of ether oxygens (including phenoxy) is 1. The summed E-state index contributed by atoms with van der Waals surface area (Å²) in [5.74, 6) is -0.672. The van der Waals surface area contributed by atoms with E-state index in [4.69, 9.17) is 9.84 Å². The first kappa shape index (κ1) is 20.2. The Bertz CT molecular complexity index is 325. The van der Waals surface area contributed by atoms with Gasteiger partial charge in [0.1, 0.15) is 0 Å². The summed E-state index contributed by atoms with van der Waals surface area (Å²) in [6, 6.07) is 0. The molecule has 0 aromatic heterocycles. The van der Waals surface area contributed by atoms with Crippen LogP contribution in [-0.2, 0) is 9.53 Å². The van der Waals surface area contributed by atoms with Crippen LogP contribution in [0.5, 0.6) is 0 Å². The number of hydrogen-bond acceptors (Lipinski definition) is 2. The van der Waals surface area contributed by atoms with Crippen molar-refractivity contribution in [2.75, 3.05) is 0 Å². The van der Waals surface area contributed by atoms with E-state index in [2.05, 4.69) is 19.1 Å². The van der Waals surface area contributed by atoms with E-state index in [-0.39, 0.29) is 0 Å². The number of epoxide rings is 1. The zero-order valence-corrected chi connectivity index (χ0v) is 15.0. The summed E-state index contributed by atoms with van der Waals surface area (Å²) in [4.78, 5) is 10.4. The van der Waals surface area contributed by atoms with E-state index in [1.54, 1.807) is 0 Å². The number of carboxylic acids is 1. The highest BCUT2D eigenvalue weighted by atomic mass is 16.6. The molecule has 3 heteroatoms. The van der Waals surface area contributed by atoms with E-state index < -0.39 is 5.97 Å². The quantitative estimate of drug-likeness (QED) is 0.219. The fraction of sp³-hybridized carbons (Fsp3) is 0.850. The monoisotopic (exact) mass is 324 g/mol. The Hall–Kier alpha value is -0.830. The third kappa shape index (κ3) is 12.3. The van der Waals surface area contributed by atoms with E-state index in [1.807, 2.05) is 0 Å². The predicted molar refractivity (Wildman–Crippen MR) is 95.7 cm³/mol. The molecule has 1 aliphatic rings. The first-order valence-electron chi connectivity index (χ1n) is 9.76. The predicted octanol–water partition coefficient (Wildman–Crippen LogP) is 5.88. The molecule has 1 fully saturated rings. The average molecular weight is 325 g/mol. The van der Waals surface area contributed by atoms with Gasteiger partial charge in [0.2, 0.25) is 0 Å². The molecule has 134 valence electrons. The van der Waals surface area contributed by atoms with Gasteiger partial charge < -0.3 is 9.84 Å². The SMILES string of the molecule is CCCCCC1OC1CCCC/C=C\CCCCCCC(=O)O. The molecule has 0 amide bonds. The minimum Gasteiger partial charge on any atom is -0.481 e. The molecule has 0 aromatic rings. The van der Waals surface area contributed by atoms with Crippen LogP contribution >= 0.6 is 0 Å². The van der Waals surface area contributed by atoms with Gasteiger partial charge in [-0.3, -0.25) is 4.79 Å². The van der Waals surface area contributed by atoms with Gasteiger partial charge in [-0.2, -0.15) is 0 Å². The largest absolute Gasteiger partial charge is 0.481 e. The molecule has 0 bridgehead atoms. The molecule has 1 rings (SSSR count). The molecule has 1 N–H and O–H groups in total. The Labute approximate surface area is 142 Å². The Balaban J connectivity index is 1.77. The van der Waals surface area contributed by atoms with Crippen molar-refractivity contribution in [3.8, 4) is 0 Å². The van der Waals surface area contributed by atoms with Gasteiger partial charge >= 0.3 is 5.97 Å². The Morgan fingerprint density at radius 2 is 1.43 bits per heavy atom. The number of unbranched alkanes of at least 4 members (excludes halogenated alkanes) is 8. The Kier molecular flexibility index (Phi) is 11.9. The number of carbonyl (C=O) groups is 1. The third-order valence-corrected chi connectivity index (χ3v) is 4.57. The lowest BCUT2D eigenvalue weighted by molar-refractivity contribution is -0.137. The number of allylic oxidation sites excluding steroid dienone is 2. The van der Waals surface area contributed by atoms with Crippen molar-refractivity contribution in [2.24, 2.45) is 0 Å². The van der Waals surface area contributed by atoms with E-state index in [0.29, 0.717) is 18.6 Å². The van der Waals surface area contributed by atoms with Crippen LogP contribution in [0.2, 0.25) is 0 Å². The second-order valence-corrected chi connectivity index (χ2v) is 6.81. The summed E-state index contributed by atoms with van der Waals surface area (Å²) in [6.07, 6.45) is 21.6. The van der Waals surface area contributed by atoms with Crippen LogP contribution in [0.25, 0.3) is 0 Å². The fourth-order valence-electron chi connectivity index (χ4n) is 3.02. The molecular formula is C20H36O3. The summed E-state index contributed by atoms with van der Waals surface area (Å²) in [5, 5.41) is 8.54. The number of aliphatic carboxylic acids is 1. The lowest BCUT2D eigenvalue weighted by atomic mass is 10.1. The summed E-state index contributed by atoms with van der Waals surface area (Å²) in [5.41, 5.74) is 0. The van der Waals surface area contributed by atoms with Crippen LogP contribution in [0, 0.1) is 0 Å². The molecule has 0 aromatic carbocycles. The van der Waals surface area contributed by atoms with Crippen molar-refractivity contribution < 1.29 is 14.6 Å². The first-order chi connectivity index (χ1) is 11.2. The molecule has 2 unspecified atom stereocenters. The third-order valence-electron chi connectivity index (χ3n) is 4.57. The molecule has 0 saturated carbocycles. The first-order valence-corrected chi connectivity index (χ1v) is 9.76. The van der Waals surface area contributed by atoms with Gasteiger partial charge in [0.25, 0.3) is 0 Å². The standard InChI is InChI=1S/C20H36O3/c1-2-3-12-15-18-19(23-18)16-13-10-8-6-4-5-7-9-11-14-17-20(21)22/h4,6,18-19H,2-3,5,7-17H2,1H3,(H,21,22)/b6-4-. The van der Waals surface area contributed by atoms with Gasteiger partial charge in [0.15, 0.2) is 0 Å². The average Bonchev–Trinajstić information content (AvgIpc) is 3.27. The topological polar surface area (TPSA) is 49.8 Å². The fourth-order valence-corrected chi connectivity index (χ4v) is 3.02. The van der Waals surface area contributed by atoms with Crippen LogP contribution < -0.4 is 0 Å². The van der Waals surface area contributed by atoms with Gasteiger partial charge in [-0.25, -0.2) is 0 Å². The van der Waals surface area contributed by atoms with E-state index in [9.17, 15) is 4.79 Å². The Morgan fingerprint density at radius 1 is 0.870 bits per heavy atom. The van der Waals surface area contributed by atoms with E-state index >= 15 is 0 Å². The molecule has 0 aliphatic carbocycles. The van der Waals surface area contributed by atoms with E-state index in [0.717, 1.165) is 25.7 Å². The number of rotatable bonds is 16. The van der Waals surface area contributed by atoms with Crippen molar-refractivity contribution in [3.63, 3.8) is 0 Å². The summed E-state index contributed by atoms with van der Waals surface area (Å²) < 4.78 is 5.72. The van der Waals surface area contributed by atoms with Crippen molar-refractivity contribution >= 4 is 5.97 Å². The van der Waals surface area contributed by atoms with Gasteiger partial charge in [0, 0.05) is 6.42 Å². The Morgan fingerprint density at radius 3 is 2.04 bits per heavy atom. The highest BCUT2D eigenvalue weighted by Gasteiger charge is 2.36. The van der Waals surface area contributed by atoms with Crippen molar-refractivity contribution in [2.45, 2.75) is 109 Å². The summed E-state index contributed by atoms with van der Waals surface area (Å²) in [6.45, 7) is 2.25. The van der Waals surface area contributed by atoms with Crippen LogP contribution in [0.15, 0.2) is 12.2 Å². The summed E-state index contributed by atoms with van der Waals surface area (Å²) >= 11 is 0. The van der Waals surface area contributed by atoms with Crippen molar-refractivity contribution in [1.29, 1.82) is 0 Å². The molecule has 0 spiro atoms. The van der Waals surface area contributed by atoms with Crippen molar-refractivity contribution in [1.82, 2.24) is 0 Å². The van der Waals surface area contributed by atoms with Crippen LogP contribution in [0.4, 0.5) is 0 Å². The molecule has 1 aliphatic heterocycles. The van der Waals surface area contributed by atoms with Gasteiger partial charge in [0.05, 0.1) is 12.2 Å². The minimum absolute atomic E-state index is 0.319. The minimum atomic E-state index is -0.672. The van der Waals surface area contributed by atoms with Crippen LogP contribution in [0.1, 0.15) is 96.8 Å². The number of hydrogen-bond donors (Lipinski definition) is 1. The zero-order chi connectivity index (χ0) is 16.8. The smallest absolute Gasteiger partial charge is 0.303 e. The highest BCUT2D eigenvalue weighted by molar-refractivity contribution is 5.66. The maximum Gasteiger partial charge on any atom is 0.303 e. The van der Waals surface area contributed by atoms with Gasteiger partial charge in [-0.05, 0) is 44.9 Å². The maximum absolute atomic E-state index is 10.4. The lowest BCUT2D eigenvalue weighted by Crippen LogP contribution is -1.94. The normalized spacial score (nSPS) is 20.2. The lowest BCUT2D eigenvalue weighted by Gasteiger charge is -1.98. The second kappa shape index (κ2) is 13.6. The van der Waals surface area contributed by atoms with Gasteiger partial charge in [-0.1, -0.05) is 57.6 Å². The second-order valence-electron chi connectivity index (χ2n) is 6.81. The molecule has 1 heterocycles. The summed E-state index contributed by atoms with van der Waals surface area (Å²) in [7, 11) is 0. The molecule has 3 nitrogen and oxygen atoms in total. The number of carboxylic acid groups (broad SMARTS) is 1. The molecule has 23 heavy (non-hydrogen) atoms. The maximum atomic E-state index is 10.4. The van der Waals surface area contributed by atoms with Crippen LogP contribution in [0.3, 0.4) is 0 Å². The van der Waals surface area contributed by atoms with E-state index in [1.165, 1.54) is 57.8 Å². The molecule has 0 radical (unpaired) electrons. The molecule has 2 atom stereocenters. The van der Waals surface area contributed by atoms with Crippen molar-refractivity contribution in [3.05, 3.63) is 12.2 Å². The van der Waals surface area contributed by atoms with Gasteiger partial charge in [-0.15, -0.1) is 0 Å². The highest BCUT2D eigenvalue weighted by Crippen LogP contribution is 2.31. The van der Waals surface area contributed by atoms with Crippen LogP contribution in [-0.4, -0.2) is 23.3 Å². The zero-order valence-electron chi connectivity index (χ0n) is 15.0. The molecular weight excluding hydrogens is 288 g/mol.